The van der Waals surface area contributed by atoms with Gasteiger partial charge in [0.15, 0.2) is 5.78 Å². The van der Waals surface area contributed by atoms with Crippen molar-refractivity contribution < 1.29 is 19.8 Å². The van der Waals surface area contributed by atoms with Crippen LogP contribution in [0, 0.1) is 5.92 Å². The monoisotopic (exact) mass is 248 g/mol. The highest BCUT2D eigenvalue weighted by atomic mass is 16.4. The van der Waals surface area contributed by atoms with E-state index in [1.165, 1.54) is 12.1 Å². The first-order chi connectivity index (χ1) is 8.41. The summed E-state index contributed by atoms with van der Waals surface area (Å²) in [6.45, 7) is 4.11. The summed E-state index contributed by atoms with van der Waals surface area (Å²) in [7, 11) is 0. The van der Waals surface area contributed by atoms with Gasteiger partial charge in [0.25, 0.3) is 0 Å². The maximum atomic E-state index is 11.8. The van der Waals surface area contributed by atoms with E-state index in [2.05, 4.69) is 13.8 Å². The molecule has 0 spiro atoms. The summed E-state index contributed by atoms with van der Waals surface area (Å²) < 4.78 is 0. The van der Waals surface area contributed by atoms with Crippen molar-refractivity contribution in [1.29, 1.82) is 0 Å². The first-order valence-electron chi connectivity index (χ1n) is 6.05. The summed E-state index contributed by atoms with van der Waals surface area (Å²) in [5.41, 5.74) is 1.10. The lowest BCUT2D eigenvalue weighted by Crippen LogP contribution is -2.20. The zero-order chi connectivity index (χ0) is 13.4. The molecule has 2 rings (SSSR count). The molecule has 1 atom stereocenters. The number of Topliss-reactive ketones (excluding diaryl/α,β-unsaturated/α-hetero) is 1. The van der Waals surface area contributed by atoms with Crippen LogP contribution < -0.4 is 0 Å². The average Bonchev–Trinajstić information content (AvgIpc) is 2.28. The molecule has 0 saturated heterocycles. The van der Waals surface area contributed by atoms with Gasteiger partial charge < -0.3 is 10.2 Å². The van der Waals surface area contributed by atoms with Gasteiger partial charge in [-0.3, -0.25) is 4.79 Å². The fraction of sp³-hybridized carbons (Fsp3) is 0.429. The maximum Gasteiger partial charge on any atom is 0.339 e. The highest BCUT2D eigenvalue weighted by Crippen LogP contribution is 2.39. The first kappa shape index (κ1) is 12.6. The van der Waals surface area contributed by atoms with Crippen molar-refractivity contribution >= 4 is 11.8 Å². The van der Waals surface area contributed by atoms with Crippen molar-refractivity contribution in [2.24, 2.45) is 5.92 Å². The quantitative estimate of drug-likeness (QED) is 0.843. The number of carbonyl (C=O) groups excluding carboxylic acids is 1. The van der Waals surface area contributed by atoms with E-state index in [0.29, 0.717) is 17.9 Å². The van der Waals surface area contributed by atoms with Crippen LogP contribution in [-0.4, -0.2) is 22.0 Å². The Kier molecular flexibility index (Phi) is 3.11. The highest BCUT2D eigenvalue weighted by Gasteiger charge is 2.29. The predicted octanol–water partition coefficient (Wildman–Crippen LogP) is 2.81. The Hall–Kier alpha value is -1.84. The highest BCUT2D eigenvalue weighted by molar-refractivity contribution is 6.01. The summed E-state index contributed by atoms with van der Waals surface area (Å²) in [5, 5.41) is 18.7. The zero-order valence-electron chi connectivity index (χ0n) is 10.4. The Morgan fingerprint density at radius 3 is 2.61 bits per heavy atom. The molecule has 1 aromatic carbocycles. The second-order valence-electron chi connectivity index (χ2n) is 5.07. The van der Waals surface area contributed by atoms with Crippen LogP contribution in [-0.2, 0) is 0 Å². The van der Waals surface area contributed by atoms with E-state index in [0.717, 1.165) is 12.0 Å². The van der Waals surface area contributed by atoms with Gasteiger partial charge in [-0.1, -0.05) is 13.8 Å². The number of hydrogen-bond donors (Lipinski definition) is 2. The third kappa shape index (κ3) is 1.98. The van der Waals surface area contributed by atoms with Crippen molar-refractivity contribution in [3.05, 3.63) is 28.8 Å². The molecule has 0 saturated carbocycles. The topological polar surface area (TPSA) is 74.6 Å². The number of phenols is 1. The van der Waals surface area contributed by atoms with Crippen molar-refractivity contribution in [3.63, 3.8) is 0 Å². The predicted molar refractivity (Wildman–Crippen MR) is 66.2 cm³/mol. The Morgan fingerprint density at radius 1 is 1.39 bits per heavy atom. The van der Waals surface area contributed by atoms with Crippen molar-refractivity contribution in [2.45, 2.75) is 32.6 Å². The Bertz CT molecular complexity index is 517. The van der Waals surface area contributed by atoms with Gasteiger partial charge in [0.1, 0.15) is 11.3 Å². The third-order valence-corrected chi connectivity index (χ3v) is 3.59. The number of fused-ring (bicyclic) bond motifs is 1. The molecular formula is C14H16O4. The fourth-order valence-electron chi connectivity index (χ4n) is 2.59. The van der Waals surface area contributed by atoms with Crippen LogP contribution in [0.15, 0.2) is 12.1 Å². The summed E-state index contributed by atoms with van der Waals surface area (Å²) >= 11 is 0. The Labute approximate surface area is 105 Å². The first-order valence-corrected chi connectivity index (χ1v) is 6.05. The molecule has 2 N–H and O–H groups in total. The number of carboxylic acid groups (broad SMARTS) is 1. The third-order valence-electron chi connectivity index (χ3n) is 3.59. The second-order valence-corrected chi connectivity index (χ2v) is 5.07. The molecule has 96 valence electrons. The van der Waals surface area contributed by atoms with Crippen LogP contribution in [0.5, 0.6) is 5.75 Å². The standard InChI is InChI=1S/C14H16O4/c1-7(2)8-3-4-12(15)10-6-13(16)11(14(17)18)5-9(8)10/h5-8,16H,3-4H2,1-2H3,(H,17,18). The summed E-state index contributed by atoms with van der Waals surface area (Å²) in [6.07, 6.45) is 1.20. The van der Waals surface area contributed by atoms with Crippen LogP contribution in [0.1, 0.15) is 58.9 Å². The Morgan fingerprint density at radius 2 is 2.06 bits per heavy atom. The molecule has 1 aliphatic rings. The molecule has 0 aromatic heterocycles. The van der Waals surface area contributed by atoms with Gasteiger partial charge in [0, 0.05) is 12.0 Å². The van der Waals surface area contributed by atoms with E-state index in [9.17, 15) is 14.7 Å². The molecule has 1 unspecified atom stereocenters. The number of hydrogen-bond acceptors (Lipinski definition) is 3. The number of ketones is 1. The zero-order valence-corrected chi connectivity index (χ0v) is 10.4. The minimum Gasteiger partial charge on any atom is -0.507 e. The molecule has 1 aromatic rings. The largest absolute Gasteiger partial charge is 0.507 e. The van der Waals surface area contributed by atoms with E-state index < -0.39 is 5.97 Å². The molecule has 4 heteroatoms. The van der Waals surface area contributed by atoms with E-state index >= 15 is 0 Å². The van der Waals surface area contributed by atoms with Gasteiger partial charge in [-0.05, 0) is 36.0 Å². The van der Waals surface area contributed by atoms with E-state index in [4.69, 9.17) is 5.11 Å². The number of carboxylic acids is 1. The van der Waals surface area contributed by atoms with Crippen LogP contribution in [0.3, 0.4) is 0 Å². The molecule has 0 heterocycles. The number of aromatic hydroxyl groups is 1. The average molecular weight is 248 g/mol. The summed E-state index contributed by atoms with van der Waals surface area (Å²) in [5.74, 6) is -1.01. The summed E-state index contributed by atoms with van der Waals surface area (Å²) in [4.78, 5) is 22.8. The molecular weight excluding hydrogens is 232 g/mol. The molecule has 4 nitrogen and oxygen atoms in total. The SMILES string of the molecule is CC(C)C1CCC(=O)c2cc(O)c(C(=O)O)cc21. The Balaban J connectivity index is 2.62. The molecule has 0 fully saturated rings. The van der Waals surface area contributed by atoms with E-state index in [1.54, 1.807) is 0 Å². The van der Waals surface area contributed by atoms with Crippen molar-refractivity contribution in [3.8, 4) is 5.75 Å². The molecule has 1 aliphatic carbocycles. The minimum atomic E-state index is -1.17. The van der Waals surface area contributed by atoms with E-state index in [1.807, 2.05) is 0 Å². The van der Waals surface area contributed by atoms with Crippen molar-refractivity contribution in [1.82, 2.24) is 0 Å². The normalized spacial score (nSPS) is 18.8. The van der Waals surface area contributed by atoms with Gasteiger partial charge in [-0.2, -0.15) is 0 Å². The summed E-state index contributed by atoms with van der Waals surface area (Å²) in [6, 6.07) is 2.75. The van der Waals surface area contributed by atoms with Crippen LogP contribution in [0.25, 0.3) is 0 Å². The number of carbonyl (C=O) groups is 2. The smallest absolute Gasteiger partial charge is 0.339 e. The van der Waals surface area contributed by atoms with Gasteiger partial charge in [-0.15, -0.1) is 0 Å². The van der Waals surface area contributed by atoms with Gasteiger partial charge in [0.05, 0.1) is 0 Å². The maximum absolute atomic E-state index is 11.8. The molecule has 0 bridgehead atoms. The van der Waals surface area contributed by atoms with Crippen LogP contribution in [0.2, 0.25) is 0 Å². The van der Waals surface area contributed by atoms with E-state index in [-0.39, 0.29) is 23.0 Å². The molecule has 18 heavy (non-hydrogen) atoms. The van der Waals surface area contributed by atoms with Gasteiger partial charge in [-0.25, -0.2) is 4.79 Å². The molecule has 0 aliphatic heterocycles. The number of rotatable bonds is 2. The fourth-order valence-corrected chi connectivity index (χ4v) is 2.59. The van der Waals surface area contributed by atoms with Gasteiger partial charge in [0.2, 0.25) is 0 Å². The van der Waals surface area contributed by atoms with Crippen LogP contribution >= 0.6 is 0 Å². The number of aromatic carboxylic acids is 1. The lowest BCUT2D eigenvalue weighted by atomic mass is 9.76. The molecule has 0 amide bonds. The molecule has 0 radical (unpaired) electrons. The lowest BCUT2D eigenvalue weighted by molar-refractivity contribution is 0.0692. The van der Waals surface area contributed by atoms with Gasteiger partial charge >= 0.3 is 5.97 Å². The second kappa shape index (κ2) is 4.44. The number of benzene rings is 1. The minimum absolute atomic E-state index is 0.0193. The van der Waals surface area contributed by atoms with Crippen LogP contribution in [0.4, 0.5) is 0 Å². The van der Waals surface area contributed by atoms with Crippen molar-refractivity contribution in [2.75, 3.05) is 0 Å². The lowest BCUT2D eigenvalue weighted by Gasteiger charge is -2.28.